The molecule has 35 heavy (non-hydrogen) atoms. The van der Waals surface area contributed by atoms with E-state index in [4.69, 9.17) is 4.98 Å². The van der Waals surface area contributed by atoms with Gasteiger partial charge in [0.15, 0.2) is 0 Å². The zero-order valence-corrected chi connectivity index (χ0v) is 20.9. The number of nitrogens with one attached hydrogen (secondary N) is 1. The van der Waals surface area contributed by atoms with Gasteiger partial charge in [-0.1, -0.05) is 51.4 Å². The van der Waals surface area contributed by atoms with Gasteiger partial charge >= 0.3 is 5.97 Å². The van der Waals surface area contributed by atoms with Gasteiger partial charge in [-0.2, -0.15) is 0 Å². The number of fused-ring (bicyclic) bond motifs is 1. The number of carbonyl (C=O) groups is 2. The van der Waals surface area contributed by atoms with Gasteiger partial charge < -0.3 is 15.0 Å². The number of carboxylic acid groups (broad SMARTS) is 1. The molecule has 0 bridgehead atoms. The molecule has 1 aromatic carbocycles. The van der Waals surface area contributed by atoms with E-state index in [-0.39, 0.29) is 5.91 Å². The first-order valence-electron chi connectivity index (χ1n) is 13.0. The van der Waals surface area contributed by atoms with Crippen molar-refractivity contribution in [2.24, 2.45) is 5.92 Å². The van der Waals surface area contributed by atoms with Crippen LogP contribution in [0.15, 0.2) is 29.9 Å². The van der Waals surface area contributed by atoms with E-state index in [9.17, 15) is 14.7 Å². The van der Waals surface area contributed by atoms with Crippen LogP contribution in [0.4, 0.5) is 0 Å². The molecule has 0 aliphatic heterocycles. The number of carbonyl (C=O) groups excluding carboxylic acids is 1. The summed E-state index contributed by atoms with van der Waals surface area (Å²) in [6.45, 7) is 0. The predicted octanol–water partition coefficient (Wildman–Crippen LogP) is 5.74. The third-order valence-electron chi connectivity index (χ3n) is 7.68. The molecule has 0 saturated heterocycles. The summed E-state index contributed by atoms with van der Waals surface area (Å²) in [5.74, 6) is 0.0762. The number of aromatic nitrogens is 3. The summed E-state index contributed by atoms with van der Waals surface area (Å²) < 4.78 is 2.37. The summed E-state index contributed by atoms with van der Waals surface area (Å²) in [4.78, 5) is 35.3. The molecule has 2 fully saturated rings. The monoisotopic (exact) mass is 494 g/mol. The zero-order chi connectivity index (χ0) is 24.2. The van der Waals surface area contributed by atoms with Crippen LogP contribution in [0, 0.1) is 5.92 Å². The highest BCUT2D eigenvalue weighted by atomic mass is 32.1. The average Bonchev–Trinajstić information content (AvgIpc) is 3.51. The van der Waals surface area contributed by atoms with Gasteiger partial charge in [-0.25, -0.2) is 9.78 Å². The fourth-order valence-corrected chi connectivity index (χ4v) is 6.46. The molecule has 7 nitrogen and oxygen atoms in total. The Bertz CT molecular complexity index is 1160. The molecular weight excluding hydrogens is 460 g/mol. The molecule has 2 heterocycles. The van der Waals surface area contributed by atoms with Crippen LogP contribution in [-0.4, -0.2) is 37.6 Å². The average molecular weight is 495 g/mol. The van der Waals surface area contributed by atoms with Gasteiger partial charge in [-0.3, -0.25) is 9.78 Å². The van der Waals surface area contributed by atoms with Crippen molar-refractivity contribution < 1.29 is 14.7 Å². The van der Waals surface area contributed by atoms with E-state index in [1.807, 2.05) is 29.9 Å². The van der Waals surface area contributed by atoms with Gasteiger partial charge in [-0.05, 0) is 43.4 Å². The summed E-state index contributed by atoms with van der Waals surface area (Å²) in [6.07, 6.45) is 14.7. The highest BCUT2D eigenvalue weighted by molar-refractivity contribution is 7.09. The van der Waals surface area contributed by atoms with Crippen molar-refractivity contribution in [2.75, 3.05) is 0 Å². The van der Waals surface area contributed by atoms with E-state index in [2.05, 4.69) is 14.9 Å². The van der Waals surface area contributed by atoms with Crippen LogP contribution in [0.3, 0.4) is 0 Å². The van der Waals surface area contributed by atoms with Crippen molar-refractivity contribution in [3.05, 3.63) is 46.2 Å². The Morgan fingerprint density at radius 3 is 2.51 bits per heavy atom. The van der Waals surface area contributed by atoms with Crippen LogP contribution in [0.2, 0.25) is 0 Å². The SMILES string of the molecule is O=C(N[C@@H](CC1CCCCC1)C(=O)O)c1ccc2c(c1)nc(Cc1cncs1)n2C1CCCCC1. The second-order valence-electron chi connectivity index (χ2n) is 10.1. The molecule has 2 saturated carbocycles. The molecule has 0 radical (unpaired) electrons. The number of nitrogens with zero attached hydrogens (tertiary/aromatic N) is 3. The summed E-state index contributed by atoms with van der Waals surface area (Å²) in [5.41, 5.74) is 4.15. The first kappa shape index (κ1) is 24.0. The topological polar surface area (TPSA) is 97.1 Å². The summed E-state index contributed by atoms with van der Waals surface area (Å²) >= 11 is 1.63. The maximum atomic E-state index is 13.1. The van der Waals surface area contributed by atoms with Gasteiger partial charge in [0.2, 0.25) is 0 Å². The van der Waals surface area contributed by atoms with E-state index in [0.717, 1.165) is 61.8 Å². The number of aliphatic carboxylic acids is 1. The Hall–Kier alpha value is -2.74. The van der Waals surface area contributed by atoms with Crippen molar-refractivity contribution in [2.45, 2.75) is 89.1 Å². The minimum absolute atomic E-state index is 0.341. The van der Waals surface area contributed by atoms with Gasteiger partial charge in [-0.15, -0.1) is 11.3 Å². The van der Waals surface area contributed by atoms with E-state index < -0.39 is 12.0 Å². The zero-order valence-electron chi connectivity index (χ0n) is 20.1. The first-order chi connectivity index (χ1) is 17.1. The molecule has 2 aromatic heterocycles. The van der Waals surface area contributed by atoms with Crippen molar-refractivity contribution >= 4 is 34.2 Å². The number of hydrogen-bond acceptors (Lipinski definition) is 5. The predicted molar refractivity (Wildman–Crippen MR) is 137 cm³/mol. The second kappa shape index (κ2) is 10.9. The van der Waals surface area contributed by atoms with Crippen LogP contribution < -0.4 is 5.32 Å². The van der Waals surface area contributed by atoms with Gasteiger partial charge in [0.1, 0.15) is 11.9 Å². The Labute approximate surface area is 210 Å². The molecule has 2 aliphatic rings. The lowest BCUT2D eigenvalue weighted by atomic mass is 9.85. The van der Waals surface area contributed by atoms with E-state index in [0.29, 0.717) is 23.9 Å². The van der Waals surface area contributed by atoms with E-state index >= 15 is 0 Å². The summed E-state index contributed by atoms with van der Waals surface area (Å²) in [6, 6.07) is 5.18. The molecule has 1 amide bonds. The lowest BCUT2D eigenvalue weighted by Gasteiger charge is -2.25. The highest BCUT2D eigenvalue weighted by Crippen LogP contribution is 2.34. The normalized spacial score (nSPS) is 18.5. The number of benzene rings is 1. The molecule has 1 atom stereocenters. The minimum Gasteiger partial charge on any atom is -0.480 e. The Kier molecular flexibility index (Phi) is 7.46. The van der Waals surface area contributed by atoms with E-state index in [1.165, 1.54) is 30.6 Å². The summed E-state index contributed by atoms with van der Waals surface area (Å²) in [5, 5.41) is 12.5. The van der Waals surface area contributed by atoms with Crippen LogP contribution in [-0.2, 0) is 11.2 Å². The van der Waals surface area contributed by atoms with Crippen LogP contribution in [0.25, 0.3) is 11.0 Å². The number of thiazole rings is 1. The third kappa shape index (κ3) is 5.58. The quantitative estimate of drug-likeness (QED) is 0.416. The van der Waals surface area contributed by atoms with Gasteiger partial charge in [0, 0.05) is 29.1 Å². The molecule has 0 unspecified atom stereocenters. The third-order valence-corrected chi connectivity index (χ3v) is 8.46. The van der Waals surface area contributed by atoms with E-state index in [1.54, 1.807) is 11.3 Å². The lowest BCUT2D eigenvalue weighted by Crippen LogP contribution is -2.42. The van der Waals surface area contributed by atoms with Crippen molar-refractivity contribution in [3.8, 4) is 0 Å². The summed E-state index contributed by atoms with van der Waals surface area (Å²) in [7, 11) is 0. The number of hydrogen-bond donors (Lipinski definition) is 2. The standard InChI is InChI=1S/C27H34N4O3S/c32-26(30-23(27(33)34)13-18-7-3-1-4-8-18)19-11-12-24-22(14-19)29-25(15-21-16-28-17-35-21)31(24)20-9-5-2-6-10-20/h11-12,14,16-18,20,23H,1-10,13,15H2,(H,30,32)(H,33,34)/t23-/m0/s1. The van der Waals surface area contributed by atoms with Crippen molar-refractivity contribution in [3.63, 3.8) is 0 Å². The number of carboxylic acids is 1. The Balaban J connectivity index is 1.39. The Morgan fingerprint density at radius 2 is 1.83 bits per heavy atom. The van der Waals surface area contributed by atoms with Crippen LogP contribution in [0.5, 0.6) is 0 Å². The number of imidazole rings is 1. The molecule has 8 heteroatoms. The number of rotatable bonds is 8. The van der Waals surface area contributed by atoms with Crippen LogP contribution in [0.1, 0.15) is 97.7 Å². The van der Waals surface area contributed by atoms with Gasteiger partial charge in [0.25, 0.3) is 5.91 Å². The molecule has 2 aliphatic carbocycles. The Morgan fingerprint density at radius 1 is 1.09 bits per heavy atom. The van der Waals surface area contributed by atoms with Crippen molar-refractivity contribution in [1.29, 1.82) is 0 Å². The van der Waals surface area contributed by atoms with Crippen LogP contribution >= 0.6 is 11.3 Å². The van der Waals surface area contributed by atoms with Gasteiger partial charge in [0.05, 0.1) is 16.5 Å². The second-order valence-corrected chi connectivity index (χ2v) is 11.1. The first-order valence-corrected chi connectivity index (χ1v) is 13.9. The molecular formula is C27H34N4O3S. The molecule has 3 aromatic rings. The van der Waals surface area contributed by atoms with Crippen molar-refractivity contribution in [1.82, 2.24) is 19.9 Å². The smallest absolute Gasteiger partial charge is 0.326 e. The fraction of sp³-hybridized carbons (Fsp3) is 0.556. The molecule has 0 spiro atoms. The fourth-order valence-electron chi connectivity index (χ4n) is 5.87. The lowest BCUT2D eigenvalue weighted by molar-refractivity contribution is -0.139. The maximum absolute atomic E-state index is 13.1. The highest BCUT2D eigenvalue weighted by Gasteiger charge is 2.27. The molecule has 186 valence electrons. The maximum Gasteiger partial charge on any atom is 0.326 e. The molecule has 5 rings (SSSR count). The molecule has 2 N–H and O–H groups in total. The largest absolute Gasteiger partial charge is 0.480 e. The minimum atomic E-state index is -0.960. The number of amides is 1.